The number of carbonyl (C=O) groups excluding carboxylic acids is 3. The van der Waals surface area contributed by atoms with Crippen LogP contribution in [0.2, 0.25) is 0 Å². The molecule has 3 rings (SSSR count). The Morgan fingerprint density at radius 2 is 1.69 bits per heavy atom. The van der Waals surface area contributed by atoms with Crippen LogP contribution in [0.5, 0.6) is 0 Å². The smallest absolute Gasteiger partial charge is 0.408 e. The van der Waals surface area contributed by atoms with Crippen LogP contribution in [0.1, 0.15) is 44.9 Å². The van der Waals surface area contributed by atoms with E-state index in [4.69, 9.17) is 9.47 Å². The van der Waals surface area contributed by atoms with Gasteiger partial charge in [0.2, 0.25) is 0 Å². The predicted octanol–water partition coefficient (Wildman–Crippen LogP) is 5.00. The molecule has 1 amide bonds. The number of hydrogen-bond acceptors (Lipinski definition) is 6. The minimum absolute atomic E-state index is 0.0465. The first-order valence-electron chi connectivity index (χ1n) is 11.2. The molecule has 0 aliphatic carbocycles. The second-order valence-electron chi connectivity index (χ2n) is 8.49. The Kier molecular flexibility index (Phi) is 8.52. The number of ether oxygens (including phenoxy) is 2. The molecule has 10 heteroatoms. The maximum atomic E-state index is 13.3. The van der Waals surface area contributed by atoms with Crippen molar-refractivity contribution in [3.05, 3.63) is 78.1 Å². The molecule has 8 nitrogen and oxygen atoms in total. The number of alkyl halides is 2. The van der Waals surface area contributed by atoms with Crippen molar-refractivity contribution in [2.75, 3.05) is 0 Å². The van der Waals surface area contributed by atoms with Gasteiger partial charge in [0.05, 0.1) is 12.3 Å². The van der Waals surface area contributed by atoms with Gasteiger partial charge < -0.3 is 14.8 Å². The van der Waals surface area contributed by atoms with Gasteiger partial charge in [-0.05, 0) is 37.5 Å². The molecule has 36 heavy (non-hydrogen) atoms. The second kappa shape index (κ2) is 11.6. The van der Waals surface area contributed by atoms with Crippen molar-refractivity contribution in [3.63, 3.8) is 0 Å². The van der Waals surface area contributed by atoms with Gasteiger partial charge in [-0.2, -0.15) is 13.9 Å². The van der Waals surface area contributed by atoms with Crippen LogP contribution in [0.4, 0.5) is 13.6 Å². The number of benzene rings is 2. The molecule has 0 saturated heterocycles. The maximum absolute atomic E-state index is 13.3. The first-order chi connectivity index (χ1) is 17.1. The summed E-state index contributed by atoms with van der Waals surface area (Å²) in [6.07, 6.45) is 0.653. The molecule has 0 aliphatic heterocycles. The summed E-state index contributed by atoms with van der Waals surface area (Å²) in [6, 6.07) is 15.2. The SMILES string of the molecule is CC(=O)C[C@](NC(=O)OCc1ccccc1)(C(=O)OC(C)C)c1ccc(-c2cnn(C(F)F)c2)cc1. The summed E-state index contributed by atoms with van der Waals surface area (Å²) >= 11 is 0. The molecule has 0 unspecified atom stereocenters. The lowest BCUT2D eigenvalue weighted by Crippen LogP contribution is -2.54. The number of amides is 1. The number of halogens is 2. The number of rotatable bonds is 10. The fourth-order valence-corrected chi connectivity index (χ4v) is 3.62. The maximum Gasteiger partial charge on any atom is 0.408 e. The highest BCUT2D eigenvalue weighted by molar-refractivity contribution is 5.93. The molecule has 190 valence electrons. The van der Waals surface area contributed by atoms with E-state index in [1.54, 1.807) is 50.2 Å². The van der Waals surface area contributed by atoms with Crippen LogP contribution in [0.15, 0.2) is 67.0 Å². The van der Waals surface area contributed by atoms with Crippen molar-refractivity contribution < 1.29 is 32.6 Å². The molecule has 1 aromatic heterocycles. The van der Waals surface area contributed by atoms with Gasteiger partial charge in [-0.1, -0.05) is 54.6 Å². The number of hydrogen-bond donors (Lipinski definition) is 1. The van der Waals surface area contributed by atoms with Crippen molar-refractivity contribution in [1.29, 1.82) is 0 Å². The van der Waals surface area contributed by atoms with Gasteiger partial charge in [0.25, 0.3) is 0 Å². The predicted molar refractivity (Wildman–Crippen MR) is 127 cm³/mol. The van der Waals surface area contributed by atoms with Gasteiger partial charge in [0, 0.05) is 18.2 Å². The van der Waals surface area contributed by atoms with Crippen LogP contribution < -0.4 is 5.32 Å². The van der Waals surface area contributed by atoms with E-state index in [0.29, 0.717) is 15.8 Å². The van der Waals surface area contributed by atoms with Crippen molar-refractivity contribution in [2.24, 2.45) is 0 Å². The fourth-order valence-electron chi connectivity index (χ4n) is 3.62. The number of ketones is 1. The number of esters is 1. The highest BCUT2D eigenvalue weighted by atomic mass is 19.3. The summed E-state index contributed by atoms with van der Waals surface area (Å²) in [5.74, 6) is -1.20. The van der Waals surface area contributed by atoms with E-state index >= 15 is 0 Å². The molecule has 0 bridgehead atoms. The zero-order chi connectivity index (χ0) is 26.3. The lowest BCUT2D eigenvalue weighted by Gasteiger charge is -2.32. The molecule has 2 aromatic carbocycles. The minimum Gasteiger partial charge on any atom is -0.461 e. The Morgan fingerprint density at radius 1 is 1.03 bits per heavy atom. The van der Waals surface area contributed by atoms with E-state index in [1.165, 1.54) is 31.5 Å². The van der Waals surface area contributed by atoms with Crippen LogP contribution in [0.25, 0.3) is 11.1 Å². The normalized spacial score (nSPS) is 12.8. The molecular weight excluding hydrogens is 472 g/mol. The summed E-state index contributed by atoms with van der Waals surface area (Å²) < 4.78 is 37.0. The Bertz CT molecular complexity index is 1200. The number of carbonyl (C=O) groups is 3. The van der Waals surface area contributed by atoms with Crippen LogP contribution in [-0.2, 0) is 31.2 Å². The number of Topliss-reactive ketones (excluding diaryl/α,β-unsaturated/α-hetero) is 1. The molecule has 0 fully saturated rings. The molecular formula is C26H27F2N3O5. The van der Waals surface area contributed by atoms with Crippen LogP contribution >= 0.6 is 0 Å². The van der Waals surface area contributed by atoms with Gasteiger partial charge in [-0.3, -0.25) is 4.79 Å². The van der Waals surface area contributed by atoms with Crippen molar-refractivity contribution in [1.82, 2.24) is 15.1 Å². The largest absolute Gasteiger partial charge is 0.461 e. The molecule has 3 aromatic rings. The van der Waals surface area contributed by atoms with Gasteiger partial charge in [-0.15, -0.1) is 0 Å². The summed E-state index contributed by atoms with van der Waals surface area (Å²) in [7, 11) is 0. The number of nitrogens with zero attached hydrogens (tertiary/aromatic N) is 2. The van der Waals surface area contributed by atoms with Crippen molar-refractivity contribution >= 4 is 17.8 Å². The number of alkyl carbamates (subject to hydrolysis) is 1. The Hall–Kier alpha value is -4.08. The van der Waals surface area contributed by atoms with E-state index < -0.39 is 30.3 Å². The standard InChI is InChI=1S/C26H27F2N3O5/c1-17(2)36-23(33)26(13-18(3)32,30-25(34)35-16-19-7-5-4-6-8-19)22-11-9-20(10-12-22)21-14-29-31(15-21)24(27)28/h4-12,14-15,17,24H,13,16H2,1-3H3,(H,30,34)/t26-/m1/s1. The van der Waals surface area contributed by atoms with Gasteiger partial charge in [0.1, 0.15) is 12.4 Å². The second-order valence-corrected chi connectivity index (χ2v) is 8.49. The highest BCUT2D eigenvalue weighted by Gasteiger charge is 2.45. The average molecular weight is 500 g/mol. The van der Waals surface area contributed by atoms with Crippen molar-refractivity contribution in [3.8, 4) is 11.1 Å². The minimum atomic E-state index is -2.78. The Balaban J connectivity index is 1.94. The zero-order valence-electron chi connectivity index (χ0n) is 20.1. The summed E-state index contributed by atoms with van der Waals surface area (Å²) in [5, 5.41) is 6.18. The number of nitrogens with one attached hydrogen (secondary N) is 1. The lowest BCUT2D eigenvalue weighted by atomic mass is 9.84. The third-order valence-corrected chi connectivity index (χ3v) is 5.25. The molecule has 1 atom stereocenters. The highest BCUT2D eigenvalue weighted by Crippen LogP contribution is 2.31. The van der Waals surface area contributed by atoms with Crippen molar-refractivity contribution in [2.45, 2.75) is 52.0 Å². The fraction of sp³-hybridized carbons (Fsp3) is 0.308. The Labute approximate surface area is 207 Å². The quantitative estimate of drug-likeness (QED) is 0.394. The van der Waals surface area contributed by atoms with Gasteiger partial charge in [0.15, 0.2) is 5.54 Å². The van der Waals surface area contributed by atoms with E-state index in [-0.39, 0.29) is 24.4 Å². The van der Waals surface area contributed by atoms with Crippen LogP contribution in [-0.4, -0.2) is 33.7 Å². The summed E-state index contributed by atoms with van der Waals surface area (Å²) in [5.41, 5.74) is 0.119. The summed E-state index contributed by atoms with van der Waals surface area (Å²) in [4.78, 5) is 38.4. The molecule has 0 radical (unpaired) electrons. The van der Waals surface area contributed by atoms with Crippen LogP contribution in [0.3, 0.4) is 0 Å². The lowest BCUT2D eigenvalue weighted by molar-refractivity contribution is -0.157. The third kappa shape index (κ3) is 6.53. The molecule has 0 aliphatic rings. The van der Waals surface area contributed by atoms with E-state index in [1.807, 2.05) is 6.07 Å². The van der Waals surface area contributed by atoms with Gasteiger partial charge >= 0.3 is 18.6 Å². The third-order valence-electron chi connectivity index (χ3n) is 5.25. The monoisotopic (exact) mass is 499 g/mol. The average Bonchev–Trinajstić information content (AvgIpc) is 3.33. The van der Waals surface area contributed by atoms with Crippen LogP contribution in [0, 0.1) is 0 Å². The van der Waals surface area contributed by atoms with Gasteiger partial charge in [-0.25, -0.2) is 14.3 Å². The summed E-state index contributed by atoms with van der Waals surface area (Å²) in [6.45, 7) is 1.76. The van der Waals surface area contributed by atoms with E-state index in [0.717, 1.165) is 5.56 Å². The molecule has 1 N–H and O–H groups in total. The van der Waals surface area contributed by atoms with E-state index in [9.17, 15) is 23.2 Å². The van der Waals surface area contributed by atoms with E-state index in [2.05, 4.69) is 10.4 Å². The molecule has 1 heterocycles. The number of aromatic nitrogens is 2. The topological polar surface area (TPSA) is 99.5 Å². The molecule has 0 saturated carbocycles. The first-order valence-corrected chi connectivity index (χ1v) is 11.2. The Morgan fingerprint density at radius 3 is 2.25 bits per heavy atom. The zero-order valence-corrected chi connectivity index (χ0v) is 20.1. The molecule has 0 spiro atoms. The first kappa shape index (κ1) is 26.5.